The van der Waals surface area contributed by atoms with Crippen LogP contribution in [0.4, 0.5) is 0 Å². The zero-order valence-electron chi connectivity index (χ0n) is 77.2. The van der Waals surface area contributed by atoms with E-state index < -0.39 is 21.4 Å². The lowest BCUT2D eigenvalue weighted by atomic mass is 9.93. The number of rotatable bonds is 12. The molecule has 0 radical (unpaired) electrons. The molecule has 0 N–H and O–H groups in total. The van der Waals surface area contributed by atoms with Gasteiger partial charge in [-0.2, -0.15) is 0 Å². The fourth-order valence-electron chi connectivity index (χ4n) is 22.1. The van der Waals surface area contributed by atoms with E-state index in [-0.39, 0.29) is 0 Å². The highest BCUT2D eigenvalue weighted by Gasteiger charge is 2.35. The Morgan fingerprint density at radius 3 is 1.09 bits per heavy atom. The summed E-state index contributed by atoms with van der Waals surface area (Å²) < 4.78 is 53.4. The summed E-state index contributed by atoms with van der Waals surface area (Å²) in [5, 5.41) is 29.0. The van der Waals surface area contributed by atoms with E-state index in [2.05, 4.69) is 309 Å². The van der Waals surface area contributed by atoms with Gasteiger partial charge in [-0.15, -0.1) is 0 Å². The number of hydrogen-bond donors (Lipinski definition) is 0. The fraction of sp³-hybridized carbons (Fsp3) is 0. The van der Waals surface area contributed by atoms with Crippen molar-refractivity contribution in [2.45, 2.75) is 0 Å². The summed E-state index contributed by atoms with van der Waals surface area (Å²) in [6, 6.07) is 173. The second kappa shape index (κ2) is 34.2. The highest BCUT2D eigenvalue weighted by Crippen LogP contribution is 2.50. The Morgan fingerprint density at radius 2 is 0.552 bits per heavy atom. The molecule has 0 saturated carbocycles. The largest absolute Gasteiger partial charge is 0.309 e. The number of benzene rings is 22. The van der Waals surface area contributed by atoms with Gasteiger partial charge in [-0.25, -0.2) is 15.0 Å². The first-order valence-electron chi connectivity index (χ1n) is 48.2. The first-order chi connectivity index (χ1) is 70.5. The minimum atomic E-state index is -3.23. The second-order valence-electron chi connectivity index (χ2n) is 36.8. The van der Waals surface area contributed by atoms with Crippen LogP contribution < -0.4 is 47.7 Å². The molecule has 672 valence electrons. The van der Waals surface area contributed by atoms with Crippen LogP contribution in [0.5, 0.6) is 0 Å². The molecule has 0 unspecified atom stereocenters. The molecular formula is C130H84N7O3P3. The van der Waals surface area contributed by atoms with Crippen LogP contribution in [-0.4, -0.2) is 33.1 Å². The number of aromatic nitrogens is 7. The summed E-state index contributed by atoms with van der Waals surface area (Å²) in [7, 11) is -9.60. The van der Waals surface area contributed by atoms with E-state index in [1.165, 1.54) is 37.9 Å². The van der Waals surface area contributed by atoms with Crippen molar-refractivity contribution in [2.24, 2.45) is 0 Å². The normalized spacial score (nSPS) is 12.1. The number of pyridine rings is 4. The monoisotopic (exact) mass is 1880 g/mol. The Bertz CT molecular complexity index is 10300. The predicted octanol–water partition coefficient (Wildman–Crippen LogP) is 29.5. The minimum absolute atomic E-state index is 0.801. The summed E-state index contributed by atoms with van der Waals surface area (Å²) in [6.45, 7) is 0. The highest BCUT2D eigenvalue weighted by molar-refractivity contribution is 7.86. The van der Waals surface area contributed by atoms with Gasteiger partial charge >= 0.3 is 0 Å². The molecule has 0 bridgehead atoms. The van der Waals surface area contributed by atoms with E-state index in [0.717, 1.165) is 212 Å². The highest BCUT2D eigenvalue weighted by atomic mass is 31.2. The SMILES string of the molecule is O=P(c1ccccc1)(c1ccccc1)c1ccc2c(c1)c1c3ccccc3ccc1c1nc3ccc(-c4cc5ccccc5c5ccccc45)cc3n21.O=P(c1ccccc1)(c1ccccc1)c1ccc2c(c1)c1ccc3ccccc3c1c1nc3ccc(-c4ccccn4)cc3n21.O=P(c1ccccc1)(c1ccccc1)c1ccc2c3cc4ccccc4cc3c3nc4ccc(-c5ccccc5)cc4n3c2c1. The third-order valence-electron chi connectivity index (χ3n) is 28.9. The zero-order chi connectivity index (χ0) is 95.0. The number of hydrogen-bond acceptors (Lipinski definition) is 7. The fourth-order valence-corrected chi connectivity index (χ4v) is 30.1. The summed E-state index contributed by atoms with van der Waals surface area (Å²) in [5.74, 6) is 0. The van der Waals surface area contributed by atoms with Gasteiger partial charge in [0.15, 0.2) is 21.4 Å². The quantitative estimate of drug-likeness (QED) is 0.0679. The Hall–Kier alpha value is -17.6. The average Bonchev–Trinajstić information content (AvgIpc) is 1.62. The van der Waals surface area contributed by atoms with Crippen molar-refractivity contribution in [3.8, 4) is 33.5 Å². The van der Waals surface area contributed by atoms with Crippen molar-refractivity contribution in [1.29, 1.82) is 0 Å². The summed E-state index contributed by atoms with van der Waals surface area (Å²) in [6.07, 6.45) is 1.82. The van der Waals surface area contributed by atoms with E-state index in [1.54, 1.807) is 0 Å². The molecular weight excluding hydrogens is 1800 g/mol. The van der Waals surface area contributed by atoms with Crippen LogP contribution in [0.2, 0.25) is 0 Å². The lowest BCUT2D eigenvalue weighted by molar-refractivity contribution is 0.591. The van der Waals surface area contributed by atoms with Crippen molar-refractivity contribution < 1.29 is 13.7 Å². The minimum Gasteiger partial charge on any atom is -0.309 e. The molecule has 7 aromatic heterocycles. The first-order valence-corrected chi connectivity index (χ1v) is 53.3. The van der Waals surface area contributed by atoms with Crippen molar-refractivity contribution in [3.63, 3.8) is 0 Å². The van der Waals surface area contributed by atoms with Crippen molar-refractivity contribution in [1.82, 2.24) is 33.1 Å². The van der Waals surface area contributed by atoms with Crippen molar-refractivity contribution in [3.05, 3.63) is 510 Å². The maximum atomic E-state index is 15.7. The third kappa shape index (κ3) is 13.8. The zero-order valence-corrected chi connectivity index (χ0v) is 79.9. The molecule has 0 aliphatic rings. The van der Waals surface area contributed by atoms with Crippen molar-refractivity contribution >= 4 is 238 Å². The molecule has 0 amide bonds. The van der Waals surface area contributed by atoms with Crippen LogP contribution in [0.15, 0.2) is 510 Å². The summed E-state index contributed by atoms with van der Waals surface area (Å²) in [5.41, 5.74) is 18.2. The molecule has 10 nitrogen and oxygen atoms in total. The maximum absolute atomic E-state index is 15.7. The lowest BCUT2D eigenvalue weighted by Gasteiger charge is -2.21. The Kier molecular flexibility index (Phi) is 20.2. The summed E-state index contributed by atoms with van der Waals surface area (Å²) in [4.78, 5) is 20.4. The van der Waals surface area contributed by atoms with Gasteiger partial charge in [0.25, 0.3) is 0 Å². The summed E-state index contributed by atoms with van der Waals surface area (Å²) >= 11 is 0. The molecule has 29 rings (SSSR count). The predicted molar refractivity (Wildman–Crippen MR) is 603 cm³/mol. The van der Waals surface area contributed by atoms with Crippen LogP contribution in [0.3, 0.4) is 0 Å². The van der Waals surface area contributed by atoms with Gasteiger partial charge in [-0.05, 0) is 202 Å². The van der Waals surface area contributed by atoms with Crippen LogP contribution in [-0.2, 0) is 13.7 Å². The van der Waals surface area contributed by atoms with Gasteiger partial charge < -0.3 is 13.7 Å². The standard InChI is InChI=1S/C49H31N2OP.C41H27N2OP.C40H26N3OP/c52-53(35-15-3-1-4-16-35,36-17-5-2-6-18-36)37-25-28-46-44(31-37)48-39-20-10-7-13-32(39)23-26-42(48)49-50-45-27-24-34(30-47(45)51(46)49)43-29-33-14-8-9-19-38(33)40-21-11-12-22-41(40)43;44-45(32-16-6-2-7-17-32,33-18-8-3-9-19-33)34-21-22-35-36-24-29-14-10-11-15-30(29)25-37(36)41-42-38-23-20-31(28-12-4-1-5-13-28)26-40(38)43(41)39(35)27-34;44-45(29-12-3-1-4-13-29,30-14-5-2-6-15-30)31-20-23-37-34(26-31)33-21-18-27-11-7-8-16-32(27)39(33)40-42-36-22-19-28(25-38(36)43(37)40)35-17-9-10-24-41-35/h1-31H;1-27H;1-26H. The molecule has 0 saturated heterocycles. The molecule has 0 aliphatic heterocycles. The molecule has 7 heterocycles. The van der Waals surface area contributed by atoms with Crippen LogP contribution in [0.1, 0.15) is 0 Å². The second-order valence-corrected chi connectivity index (χ2v) is 45.1. The van der Waals surface area contributed by atoms with E-state index in [1.807, 2.05) is 219 Å². The van der Waals surface area contributed by atoms with Crippen LogP contribution in [0, 0.1) is 0 Å². The van der Waals surface area contributed by atoms with E-state index in [4.69, 9.17) is 15.0 Å². The number of nitrogens with zero attached hydrogens (tertiary/aromatic N) is 7. The lowest BCUT2D eigenvalue weighted by Crippen LogP contribution is -2.25. The van der Waals surface area contributed by atoms with E-state index >= 15 is 13.7 Å². The topological polar surface area (TPSA) is 116 Å². The van der Waals surface area contributed by atoms with E-state index in [0.29, 0.717) is 0 Å². The molecule has 29 aromatic rings. The molecule has 22 aromatic carbocycles. The molecule has 0 atom stereocenters. The Labute approximate surface area is 822 Å². The first kappa shape index (κ1) is 84.7. The van der Waals surface area contributed by atoms with Crippen LogP contribution in [0.25, 0.3) is 202 Å². The van der Waals surface area contributed by atoms with Gasteiger partial charge in [0.1, 0.15) is 16.9 Å². The number of imidazole rings is 3. The number of fused-ring (bicyclic) bond motifs is 32. The molecule has 0 spiro atoms. The van der Waals surface area contributed by atoms with Gasteiger partial charge in [-0.3, -0.25) is 18.2 Å². The smallest absolute Gasteiger partial charge is 0.171 e. The Balaban J connectivity index is 0.000000108. The molecule has 13 heteroatoms. The molecule has 0 fully saturated rings. The maximum Gasteiger partial charge on any atom is 0.171 e. The van der Waals surface area contributed by atoms with Gasteiger partial charge in [0, 0.05) is 97.2 Å². The van der Waals surface area contributed by atoms with Gasteiger partial charge in [-0.1, -0.05) is 388 Å². The van der Waals surface area contributed by atoms with Gasteiger partial charge in [0.05, 0.1) is 55.3 Å². The van der Waals surface area contributed by atoms with E-state index in [9.17, 15) is 0 Å². The molecule has 0 aliphatic carbocycles. The average molecular weight is 1890 g/mol. The Morgan fingerprint density at radius 1 is 0.175 bits per heavy atom. The molecule has 143 heavy (non-hydrogen) atoms. The van der Waals surface area contributed by atoms with Crippen LogP contribution >= 0.6 is 21.4 Å². The third-order valence-corrected chi connectivity index (χ3v) is 38.1. The van der Waals surface area contributed by atoms with Gasteiger partial charge in [0.2, 0.25) is 0 Å². The van der Waals surface area contributed by atoms with Crippen molar-refractivity contribution in [2.75, 3.05) is 0 Å².